The molecule has 0 saturated carbocycles. The highest BCUT2D eigenvalue weighted by molar-refractivity contribution is 5.97. The second-order valence-corrected chi connectivity index (χ2v) is 6.81. The van der Waals surface area contributed by atoms with Crippen molar-refractivity contribution in [2.24, 2.45) is 0 Å². The number of rotatable bonds is 3. The fraction of sp³-hybridized carbons (Fsp3) is 0.474. The van der Waals surface area contributed by atoms with Crippen molar-refractivity contribution in [1.29, 1.82) is 0 Å². The first-order valence-electron chi connectivity index (χ1n) is 8.31. The first-order valence-corrected chi connectivity index (χ1v) is 8.31. The van der Waals surface area contributed by atoms with Crippen LogP contribution in [0.2, 0.25) is 0 Å². The highest BCUT2D eigenvalue weighted by Gasteiger charge is 2.68. The minimum Gasteiger partial charge on any atom is -0.495 e. The molecule has 1 aromatic carbocycles. The van der Waals surface area contributed by atoms with Gasteiger partial charge in [0.25, 0.3) is 0 Å². The Morgan fingerprint density at radius 2 is 1.96 bits per heavy atom. The number of ether oxygens (including phenoxy) is 2. The molecule has 0 aromatic heterocycles. The normalized spacial score (nSPS) is 31.2. The molecule has 24 heavy (non-hydrogen) atoms. The van der Waals surface area contributed by atoms with Crippen LogP contribution in [-0.2, 0) is 30.9 Å². The monoisotopic (exact) mass is 327 g/mol. The van der Waals surface area contributed by atoms with Crippen LogP contribution in [0.3, 0.4) is 0 Å². The van der Waals surface area contributed by atoms with E-state index in [0.717, 1.165) is 25.7 Å². The number of likely N-dealkylation sites (tertiary alicyclic amines) is 1. The van der Waals surface area contributed by atoms with Crippen LogP contribution in [0.5, 0.6) is 0 Å². The number of hydrogen-bond donors (Lipinski definition) is 0. The SMILES string of the molecule is COC1=C(OC)[C@]23CCc4ccccc4[C@]2(CCN3C=O)CC1=O. The van der Waals surface area contributed by atoms with Gasteiger partial charge in [-0.1, -0.05) is 24.3 Å². The van der Waals surface area contributed by atoms with Crippen molar-refractivity contribution in [2.45, 2.75) is 36.6 Å². The second kappa shape index (κ2) is 5.10. The molecule has 0 radical (unpaired) electrons. The van der Waals surface area contributed by atoms with Gasteiger partial charge < -0.3 is 14.4 Å². The third-order valence-corrected chi connectivity index (χ3v) is 6.18. The summed E-state index contributed by atoms with van der Waals surface area (Å²) in [4.78, 5) is 26.5. The summed E-state index contributed by atoms with van der Waals surface area (Å²) >= 11 is 0. The number of nitrogens with zero attached hydrogens (tertiary/aromatic N) is 1. The van der Waals surface area contributed by atoms with Gasteiger partial charge in [-0.25, -0.2) is 0 Å². The van der Waals surface area contributed by atoms with E-state index >= 15 is 0 Å². The Labute approximate surface area is 141 Å². The van der Waals surface area contributed by atoms with E-state index in [4.69, 9.17) is 9.47 Å². The zero-order valence-corrected chi connectivity index (χ0v) is 14.0. The molecular formula is C19H21NO4. The van der Waals surface area contributed by atoms with Gasteiger partial charge in [0.15, 0.2) is 5.76 Å². The summed E-state index contributed by atoms with van der Waals surface area (Å²) in [6.07, 6.45) is 3.60. The van der Waals surface area contributed by atoms with Gasteiger partial charge in [0.2, 0.25) is 18.0 Å². The molecule has 5 heteroatoms. The Balaban J connectivity index is 2.06. The lowest BCUT2D eigenvalue weighted by molar-refractivity contribution is -0.130. The molecule has 1 aliphatic heterocycles. The number of carbonyl (C=O) groups is 2. The van der Waals surface area contributed by atoms with Gasteiger partial charge in [-0.2, -0.15) is 0 Å². The molecule has 1 aromatic rings. The van der Waals surface area contributed by atoms with E-state index in [1.54, 1.807) is 7.11 Å². The van der Waals surface area contributed by atoms with Gasteiger partial charge in [-0.05, 0) is 30.4 Å². The highest BCUT2D eigenvalue weighted by atomic mass is 16.5. The number of aryl methyl sites for hydroxylation is 1. The number of amides is 1. The van der Waals surface area contributed by atoms with Gasteiger partial charge in [-0.3, -0.25) is 9.59 Å². The van der Waals surface area contributed by atoms with Crippen molar-refractivity contribution < 1.29 is 19.1 Å². The molecule has 2 aliphatic carbocycles. The van der Waals surface area contributed by atoms with E-state index in [1.807, 2.05) is 17.0 Å². The third kappa shape index (κ3) is 1.55. The first-order chi connectivity index (χ1) is 11.6. The zero-order chi connectivity index (χ0) is 16.9. The first kappa shape index (κ1) is 15.2. The lowest BCUT2D eigenvalue weighted by Gasteiger charge is -2.54. The van der Waals surface area contributed by atoms with Crippen LogP contribution in [0.25, 0.3) is 0 Å². The van der Waals surface area contributed by atoms with Crippen molar-refractivity contribution in [3.05, 3.63) is 46.9 Å². The molecule has 126 valence electrons. The molecule has 2 atom stereocenters. The molecule has 1 fully saturated rings. The molecule has 0 unspecified atom stereocenters. The summed E-state index contributed by atoms with van der Waals surface area (Å²) in [6, 6.07) is 8.28. The standard InChI is InChI=1S/C19H21NO4/c1-23-16-15(22)11-18-9-10-20(12-21)19(18,17(16)24-2)8-7-13-5-3-4-6-14(13)18/h3-6,12H,7-11H2,1-2H3/t18-,19+/m0/s1. The van der Waals surface area contributed by atoms with Gasteiger partial charge in [-0.15, -0.1) is 0 Å². The summed E-state index contributed by atoms with van der Waals surface area (Å²) < 4.78 is 11.1. The molecule has 5 nitrogen and oxygen atoms in total. The number of allylic oxidation sites excluding steroid dienone is 1. The Morgan fingerprint density at radius 3 is 2.67 bits per heavy atom. The van der Waals surface area contributed by atoms with Crippen LogP contribution in [0.4, 0.5) is 0 Å². The van der Waals surface area contributed by atoms with E-state index in [-0.39, 0.29) is 11.5 Å². The summed E-state index contributed by atoms with van der Waals surface area (Å²) in [5, 5.41) is 0. The maximum Gasteiger partial charge on any atom is 0.210 e. The number of ketones is 1. The molecule has 1 amide bonds. The van der Waals surface area contributed by atoms with Crippen LogP contribution >= 0.6 is 0 Å². The van der Waals surface area contributed by atoms with Gasteiger partial charge in [0.1, 0.15) is 5.54 Å². The van der Waals surface area contributed by atoms with Crippen LogP contribution in [-0.4, -0.2) is 43.4 Å². The predicted molar refractivity (Wildman–Crippen MR) is 87.2 cm³/mol. The van der Waals surface area contributed by atoms with E-state index < -0.39 is 11.0 Å². The second-order valence-electron chi connectivity index (χ2n) is 6.81. The predicted octanol–water partition coefficient (Wildman–Crippen LogP) is 1.95. The van der Waals surface area contributed by atoms with Crippen LogP contribution in [0.15, 0.2) is 35.8 Å². The molecule has 0 spiro atoms. The van der Waals surface area contributed by atoms with Gasteiger partial charge in [0, 0.05) is 18.4 Å². The smallest absolute Gasteiger partial charge is 0.210 e. The number of hydrogen-bond acceptors (Lipinski definition) is 4. The summed E-state index contributed by atoms with van der Waals surface area (Å²) in [5.74, 6) is 0.732. The molecule has 0 bridgehead atoms. The number of benzene rings is 1. The lowest BCUT2D eigenvalue weighted by Crippen LogP contribution is -2.63. The summed E-state index contributed by atoms with van der Waals surface area (Å²) in [5.41, 5.74) is 1.40. The van der Waals surface area contributed by atoms with E-state index in [2.05, 4.69) is 12.1 Å². The van der Waals surface area contributed by atoms with Crippen LogP contribution < -0.4 is 0 Å². The number of Topliss-reactive ketones (excluding diaryl/α,β-unsaturated/α-hetero) is 1. The number of methoxy groups -OCH3 is 2. The van der Waals surface area contributed by atoms with E-state index in [1.165, 1.54) is 18.2 Å². The minimum atomic E-state index is -0.628. The van der Waals surface area contributed by atoms with Crippen molar-refractivity contribution in [2.75, 3.05) is 20.8 Å². The summed E-state index contributed by atoms with van der Waals surface area (Å²) in [7, 11) is 3.06. The van der Waals surface area contributed by atoms with Crippen molar-refractivity contribution >= 4 is 12.2 Å². The van der Waals surface area contributed by atoms with E-state index in [0.29, 0.717) is 18.7 Å². The van der Waals surface area contributed by atoms with Crippen molar-refractivity contribution in [1.82, 2.24) is 4.90 Å². The third-order valence-electron chi connectivity index (χ3n) is 6.18. The minimum absolute atomic E-state index is 0.0468. The van der Waals surface area contributed by atoms with Gasteiger partial charge in [0.05, 0.1) is 14.2 Å². The van der Waals surface area contributed by atoms with Crippen molar-refractivity contribution in [3.8, 4) is 0 Å². The lowest BCUT2D eigenvalue weighted by atomic mass is 9.54. The fourth-order valence-corrected chi connectivity index (χ4v) is 5.32. The quantitative estimate of drug-likeness (QED) is 0.796. The number of fused-ring (bicyclic) bond motifs is 1. The largest absolute Gasteiger partial charge is 0.495 e. The number of carbonyl (C=O) groups excluding carboxylic acids is 2. The van der Waals surface area contributed by atoms with E-state index in [9.17, 15) is 9.59 Å². The molecule has 4 rings (SSSR count). The molecule has 1 heterocycles. The van der Waals surface area contributed by atoms with Crippen molar-refractivity contribution in [3.63, 3.8) is 0 Å². The Bertz CT molecular complexity index is 755. The topological polar surface area (TPSA) is 55.8 Å². The molecular weight excluding hydrogens is 306 g/mol. The average molecular weight is 327 g/mol. The highest BCUT2D eigenvalue weighted by Crippen LogP contribution is 2.61. The molecule has 1 saturated heterocycles. The molecule has 3 aliphatic rings. The Kier molecular flexibility index (Phi) is 3.24. The van der Waals surface area contributed by atoms with Crippen LogP contribution in [0.1, 0.15) is 30.4 Å². The molecule has 0 N–H and O–H groups in total. The summed E-state index contributed by atoms with van der Waals surface area (Å²) in [6.45, 7) is 0.620. The fourth-order valence-electron chi connectivity index (χ4n) is 5.32. The van der Waals surface area contributed by atoms with Crippen LogP contribution in [0, 0.1) is 0 Å². The Hall–Kier alpha value is -2.30. The van der Waals surface area contributed by atoms with Gasteiger partial charge >= 0.3 is 0 Å². The Morgan fingerprint density at radius 1 is 1.17 bits per heavy atom. The average Bonchev–Trinajstić information content (AvgIpc) is 2.95. The maximum absolute atomic E-state index is 12.8. The zero-order valence-electron chi connectivity index (χ0n) is 14.0. The maximum atomic E-state index is 12.8.